The standard InChI is InChI=1S/C19H22Cl2N6OS/c1-5-6-7-13-11(3)23-18-25-19(26-27(18)12(13)4)29-9-15(28)24-17-16(21)10(2)14(20)8-22-17/h8H,5-7,9H2,1-4H3,(H,22,24,28). The van der Waals surface area contributed by atoms with Gasteiger partial charge in [0.15, 0.2) is 5.82 Å². The van der Waals surface area contributed by atoms with Crippen molar-refractivity contribution in [2.45, 2.75) is 52.1 Å². The molecule has 0 unspecified atom stereocenters. The number of hydrogen-bond donors (Lipinski definition) is 1. The Hall–Kier alpha value is -1.90. The summed E-state index contributed by atoms with van der Waals surface area (Å²) < 4.78 is 1.75. The van der Waals surface area contributed by atoms with Crippen LogP contribution in [0.15, 0.2) is 11.4 Å². The first-order valence-electron chi connectivity index (χ1n) is 9.27. The van der Waals surface area contributed by atoms with Gasteiger partial charge in [-0.1, -0.05) is 48.3 Å². The lowest BCUT2D eigenvalue weighted by atomic mass is 10.1. The number of rotatable bonds is 7. The van der Waals surface area contributed by atoms with Crippen LogP contribution in [0.2, 0.25) is 10.0 Å². The molecule has 10 heteroatoms. The number of carbonyl (C=O) groups is 1. The SMILES string of the molecule is CCCCc1c(C)nc2nc(SCC(=O)Nc3ncc(Cl)c(C)c3Cl)nn2c1C. The molecule has 0 radical (unpaired) electrons. The maximum absolute atomic E-state index is 12.3. The van der Waals surface area contributed by atoms with E-state index < -0.39 is 0 Å². The van der Waals surface area contributed by atoms with Gasteiger partial charge in [0, 0.05) is 17.6 Å². The van der Waals surface area contributed by atoms with Gasteiger partial charge in [-0.3, -0.25) is 4.79 Å². The molecule has 3 aromatic rings. The Bertz CT molecular complexity index is 1070. The second-order valence-corrected chi connectivity index (χ2v) is 8.43. The number of hydrogen-bond acceptors (Lipinski definition) is 6. The summed E-state index contributed by atoms with van der Waals surface area (Å²) >= 11 is 13.4. The van der Waals surface area contributed by atoms with Gasteiger partial charge in [0.2, 0.25) is 11.1 Å². The summed E-state index contributed by atoms with van der Waals surface area (Å²) in [4.78, 5) is 25.4. The number of anilines is 1. The van der Waals surface area contributed by atoms with Crippen molar-refractivity contribution in [3.8, 4) is 0 Å². The highest BCUT2D eigenvalue weighted by atomic mass is 35.5. The Balaban J connectivity index is 1.71. The maximum atomic E-state index is 12.3. The highest BCUT2D eigenvalue weighted by Gasteiger charge is 2.16. The predicted octanol–water partition coefficient (Wildman–Crippen LogP) is 4.82. The number of nitrogens with one attached hydrogen (secondary N) is 1. The molecule has 3 rings (SSSR count). The van der Waals surface area contributed by atoms with Gasteiger partial charge >= 0.3 is 0 Å². The minimum absolute atomic E-state index is 0.122. The van der Waals surface area contributed by atoms with E-state index in [-0.39, 0.29) is 17.5 Å². The second kappa shape index (κ2) is 9.28. The van der Waals surface area contributed by atoms with Crippen molar-refractivity contribution in [1.29, 1.82) is 0 Å². The second-order valence-electron chi connectivity index (χ2n) is 6.70. The third kappa shape index (κ3) is 4.82. The van der Waals surface area contributed by atoms with E-state index in [0.717, 1.165) is 30.7 Å². The van der Waals surface area contributed by atoms with Crippen LogP contribution in [0.1, 0.15) is 42.3 Å². The Labute approximate surface area is 183 Å². The molecule has 0 saturated heterocycles. The van der Waals surface area contributed by atoms with Crippen molar-refractivity contribution < 1.29 is 4.79 Å². The van der Waals surface area contributed by atoms with E-state index >= 15 is 0 Å². The predicted molar refractivity (Wildman–Crippen MR) is 117 cm³/mol. The molecule has 3 heterocycles. The topological polar surface area (TPSA) is 85.1 Å². The lowest BCUT2D eigenvalue weighted by Gasteiger charge is -2.09. The molecule has 0 aliphatic heterocycles. The first kappa shape index (κ1) is 21.8. The van der Waals surface area contributed by atoms with E-state index in [1.165, 1.54) is 23.5 Å². The highest BCUT2D eigenvalue weighted by molar-refractivity contribution is 7.99. The molecular weight excluding hydrogens is 431 g/mol. The zero-order valence-corrected chi connectivity index (χ0v) is 19.0. The molecule has 0 fully saturated rings. The molecule has 0 aliphatic carbocycles. The summed E-state index contributed by atoms with van der Waals surface area (Å²) in [5.74, 6) is 0.698. The van der Waals surface area contributed by atoms with Crippen molar-refractivity contribution >= 4 is 52.5 Å². The quantitative estimate of drug-likeness (QED) is 0.516. The summed E-state index contributed by atoms with van der Waals surface area (Å²) in [6.45, 7) is 7.96. The smallest absolute Gasteiger partial charge is 0.253 e. The molecule has 0 bridgehead atoms. The third-order valence-electron chi connectivity index (χ3n) is 4.60. The van der Waals surface area contributed by atoms with Gasteiger partial charge in [0.25, 0.3) is 5.78 Å². The average molecular weight is 453 g/mol. The largest absolute Gasteiger partial charge is 0.309 e. The van der Waals surface area contributed by atoms with Crippen molar-refractivity contribution in [3.05, 3.63) is 38.8 Å². The van der Waals surface area contributed by atoms with E-state index in [1.807, 2.05) is 13.8 Å². The summed E-state index contributed by atoms with van der Waals surface area (Å²) in [6, 6.07) is 0. The number of pyridine rings is 1. The van der Waals surface area contributed by atoms with Crippen LogP contribution in [0.3, 0.4) is 0 Å². The number of fused-ring (bicyclic) bond motifs is 1. The van der Waals surface area contributed by atoms with Gasteiger partial charge in [-0.15, -0.1) is 5.10 Å². The van der Waals surface area contributed by atoms with Gasteiger partial charge in [0.1, 0.15) is 0 Å². The first-order valence-corrected chi connectivity index (χ1v) is 11.0. The van der Waals surface area contributed by atoms with E-state index in [1.54, 1.807) is 11.4 Å². The molecule has 0 aliphatic rings. The lowest BCUT2D eigenvalue weighted by molar-refractivity contribution is -0.113. The molecule has 1 amide bonds. The lowest BCUT2D eigenvalue weighted by Crippen LogP contribution is -2.15. The van der Waals surface area contributed by atoms with Crippen LogP contribution in [0, 0.1) is 20.8 Å². The fraction of sp³-hybridized carbons (Fsp3) is 0.421. The number of aromatic nitrogens is 5. The normalized spacial score (nSPS) is 11.2. The number of carbonyl (C=O) groups excluding carboxylic acids is 1. The van der Waals surface area contributed by atoms with Crippen LogP contribution in [0.4, 0.5) is 5.82 Å². The number of thioether (sulfide) groups is 1. The molecule has 29 heavy (non-hydrogen) atoms. The van der Waals surface area contributed by atoms with Crippen LogP contribution in [0.25, 0.3) is 5.78 Å². The molecule has 7 nitrogen and oxygen atoms in total. The van der Waals surface area contributed by atoms with Crippen LogP contribution in [0.5, 0.6) is 0 Å². The number of aryl methyl sites for hydroxylation is 2. The molecule has 0 saturated carbocycles. The highest BCUT2D eigenvalue weighted by Crippen LogP contribution is 2.28. The zero-order valence-electron chi connectivity index (χ0n) is 16.7. The third-order valence-corrected chi connectivity index (χ3v) is 6.28. The van der Waals surface area contributed by atoms with Crippen molar-refractivity contribution in [1.82, 2.24) is 24.6 Å². The average Bonchev–Trinajstić information content (AvgIpc) is 3.10. The van der Waals surface area contributed by atoms with E-state index in [0.29, 0.717) is 26.5 Å². The Morgan fingerprint density at radius 1 is 1.24 bits per heavy atom. The van der Waals surface area contributed by atoms with Crippen molar-refractivity contribution in [2.24, 2.45) is 0 Å². The van der Waals surface area contributed by atoms with Gasteiger partial charge in [-0.05, 0) is 44.7 Å². The van der Waals surface area contributed by atoms with Crippen molar-refractivity contribution in [2.75, 3.05) is 11.1 Å². The number of amides is 1. The first-order chi connectivity index (χ1) is 13.8. The summed E-state index contributed by atoms with van der Waals surface area (Å²) in [6.07, 6.45) is 4.65. The fourth-order valence-corrected chi connectivity index (χ4v) is 3.92. The molecular formula is C19H22Cl2N6OS. The maximum Gasteiger partial charge on any atom is 0.253 e. The fourth-order valence-electron chi connectivity index (χ4n) is 2.91. The number of halogens is 2. The summed E-state index contributed by atoms with van der Waals surface area (Å²) in [5.41, 5.74) is 3.89. The summed E-state index contributed by atoms with van der Waals surface area (Å²) in [5, 5.41) is 8.48. The van der Waals surface area contributed by atoms with E-state index in [9.17, 15) is 4.79 Å². The number of nitrogens with zero attached hydrogens (tertiary/aromatic N) is 5. The van der Waals surface area contributed by atoms with Gasteiger partial charge in [-0.2, -0.15) is 4.98 Å². The Morgan fingerprint density at radius 3 is 2.72 bits per heavy atom. The van der Waals surface area contributed by atoms with Gasteiger partial charge in [-0.25, -0.2) is 14.5 Å². The molecule has 1 N–H and O–H groups in total. The van der Waals surface area contributed by atoms with Gasteiger partial charge < -0.3 is 5.32 Å². The Kier molecular flexibility index (Phi) is 6.97. The Morgan fingerprint density at radius 2 is 2.00 bits per heavy atom. The monoisotopic (exact) mass is 452 g/mol. The zero-order chi connectivity index (χ0) is 21.1. The van der Waals surface area contributed by atoms with Gasteiger partial charge in [0.05, 0.1) is 15.8 Å². The van der Waals surface area contributed by atoms with E-state index in [2.05, 4.69) is 32.3 Å². The molecule has 0 spiro atoms. The van der Waals surface area contributed by atoms with Crippen LogP contribution in [-0.2, 0) is 11.2 Å². The molecule has 0 aromatic carbocycles. The minimum atomic E-state index is -0.255. The number of unbranched alkanes of at least 4 members (excludes halogenated alkanes) is 1. The van der Waals surface area contributed by atoms with Crippen LogP contribution in [-0.4, -0.2) is 36.2 Å². The minimum Gasteiger partial charge on any atom is -0.309 e. The summed E-state index contributed by atoms with van der Waals surface area (Å²) in [7, 11) is 0. The van der Waals surface area contributed by atoms with Crippen molar-refractivity contribution in [3.63, 3.8) is 0 Å². The van der Waals surface area contributed by atoms with Crippen LogP contribution >= 0.6 is 35.0 Å². The molecule has 154 valence electrons. The van der Waals surface area contributed by atoms with E-state index in [4.69, 9.17) is 23.2 Å². The molecule has 0 atom stereocenters. The molecule has 3 aromatic heterocycles. The van der Waals surface area contributed by atoms with Crippen LogP contribution < -0.4 is 5.32 Å².